The Morgan fingerprint density at radius 3 is 1.99 bits per heavy atom. The minimum Gasteiger partial charge on any atom is -0.455 e. The van der Waals surface area contributed by atoms with Gasteiger partial charge in [0.25, 0.3) is 0 Å². The Labute approximate surface area is 427 Å². The van der Waals surface area contributed by atoms with Gasteiger partial charge in [-0.15, -0.1) is 0 Å². The van der Waals surface area contributed by atoms with Gasteiger partial charge in [0, 0.05) is 38.7 Å². The van der Waals surface area contributed by atoms with Gasteiger partial charge in [0.2, 0.25) is 11.7 Å². The number of nitrogens with zero attached hydrogens (tertiary/aromatic N) is 3. The third-order valence-electron chi connectivity index (χ3n) is 16.1. The number of furan rings is 1. The van der Waals surface area contributed by atoms with Gasteiger partial charge >= 0.3 is 5.82 Å². The third kappa shape index (κ3) is 7.37. The van der Waals surface area contributed by atoms with Gasteiger partial charge < -0.3 is 4.42 Å². The average molecular weight is 958 g/mol. The summed E-state index contributed by atoms with van der Waals surface area (Å²) in [7, 11) is -1.72. The van der Waals surface area contributed by atoms with E-state index in [1.54, 1.807) is 0 Å². The van der Waals surface area contributed by atoms with Gasteiger partial charge in [-0.3, -0.25) is 0 Å². The summed E-state index contributed by atoms with van der Waals surface area (Å²) in [5.41, 5.74) is 21.6. The van der Waals surface area contributed by atoms with Crippen molar-refractivity contribution >= 4 is 51.9 Å². The fraction of sp³-hybridized carbons (Fsp3) is 0.254. The maximum atomic E-state index is 7.47. The van der Waals surface area contributed by atoms with E-state index in [0.29, 0.717) is 0 Å². The van der Waals surface area contributed by atoms with Crippen molar-refractivity contribution in [3.63, 3.8) is 0 Å². The number of aromatic nitrogens is 3. The molecule has 0 N–H and O–H groups in total. The summed E-state index contributed by atoms with van der Waals surface area (Å²) >= 11 is 0. The molecule has 0 saturated heterocycles. The molecule has 7 aromatic carbocycles. The number of fused-ring (bicyclic) bond motifs is 15. The molecule has 72 heavy (non-hydrogen) atoms. The van der Waals surface area contributed by atoms with E-state index in [1.165, 1.54) is 61.1 Å². The van der Waals surface area contributed by atoms with Crippen LogP contribution in [-0.4, -0.2) is 12.6 Å². The molecule has 0 spiro atoms. The number of benzene rings is 7. The Kier molecular flexibility index (Phi) is 10.9. The molecule has 0 bridgehead atoms. The standard InChI is InChI=1S/C67H67N3OSi/c1-41(2)56-38-49(67(6,7)8)39-57(42(3)4)64(56)70-60-24-18-17-23-59(60)69-43(5)63-54(51-21-15-16-22-52(51)58-36-32-50(40-68(58)63)72(9,10)11)34-29-47-30-35-55-53-33-31-48(37-61(53)71-65(55)62(47)66(69)70)46-27-25-45(26-28-46)44-19-13-12-14-20-44/h12-28,30-33,35-42,54,63H,5,29,34H2,1-4,6-11H3/q+2. The van der Waals surface area contributed by atoms with E-state index in [1.807, 2.05) is 0 Å². The van der Waals surface area contributed by atoms with Crippen molar-refractivity contribution in [2.75, 3.05) is 0 Å². The van der Waals surface area contributed by atoms with Gasteiger partial charge in [-0.25, -0.2) is 0 Å². The van der Waals surface area contributed by atoms with Crippen LogP contribution < -0.4 is 14.3 Å². The summed E-state index contributed by atoms with van der Waals surface area (Å²) in [5, 5.41) is 3.70. The lowest BCUT2D eigenvalue weighted by atomic mass is 9.78. The lowest BCUT2D eigenvalue weighted by molar-refractivity contribution is -0.723. The second kappa shape index (κ2) is 17.0. The summed E-state index contributed by atoms with van der Waals surface area (Å²) in [6.07, 6.45) is 4.32. The Bertz CT molecular complexity index is 3770. The largest absolute Gasteiger partial charge is 0.455 e. The summed E-state index contributed by atoms with van der Waals surface area (Å²) in [5.74, 6) is 1.78. The summed E-state index contributed by atoms with van der Waals surface area (Å²) in [6.45, 7) is 29.3. The first-order chi connectivity index (χ1) is 34.6. The number of rotatable bonds is 6. The molecule has 2 aliphatic heterocycles. The number of aryl methyl sites for hydroxylation is 1. The van der Waals surface area contributed by atoms with Crippen LogP contribution in [0.2, 0.25) is 19.6 Å². The van der Waals surface area contributed by atoms with Crippen molar-refractivity contribution in [3.05, 3.63) is 198 Å². The highest BCUT2D eigenvalue weighted by atomic mass is 28.3. The second-order valence-electron chi connectivity index (χ2n) is 23.4. The van der Waals surface area contributed by atoms with Crippen molar-refractivity contribution in [3.8, 4) is 50.6 Å². The monoisotopic (exact) mass is 958 g/mol. The molecule has 0 radical (unpaired) electrons. The minimum atomic E-state index is -1.72. The Hall–Kier alpha value is -7.08. The summed E-state index contributed by atoms with van der Waals surface area (Å²) in [6, 6.07) is 59.2. The number of hydrogen-bond acceptors (Lipinski definition) is 1. The lowest BCUT2D eigenvalue weighted by Crippen LogP contribution is -2.56. The molecule has 2 atom stereocenters. The minimum absolute atomic E-state index is 0.0260. The van der Waals surface area contributed by atoms with E-state index in [0.717, 1.165) is 74.0 Å². The Balaban J connectivity index is 1.19. The molecule has 3 aromatic heterocycles. The molecular weight excluding hydrogens is 891 g/mol. The van der Waals surface area contributed by atoms with E-state index in [2.05, 4.69) is 246 Å². The van der Waals surface area contributed by atoms with E-state index in [9.17, 15) is 0 Å². The van der Waals surface area contributed by atoms with E-state index in [-0.39, 0.29) is 29.2 Å². The van der Waals surface area contributed by atoms with Crippen molar-refractivity contribution in [1.29, 1.82) is 0 Å². The van der Waals surface area contributed by atoms with Crippen LogP contribution in [0.5, 0.6) is 0 Å². The van der Waals surface area contributed by atoms with Crippen LogP contribution in [0.1, 0.15) is 106 Å². The Morgan fingerprint density at radius 2 is 1.29 bits per heavy atom. The maximum absolute atomic E-state index is 7.47. The zero-order valence-corrected chi connectivity index (χ0v) is 44.8. The number of hydrogen-bond donors (Lipinski definition) is 0. The van der Waals surface area contributed by atoms with Gasteiger partial charge in [0.1, 0.15) is 16.8 Å². The molecule has 0 saturated carbocycles. The predicted molar refractivity (Wildman–Crippen MR) is 304 cm³/mol. The number of para-hydroxylation sites is 2. The molecule has 5 heteroatoms. The highest BCUT2D eigenvalue weighted by molar-refractivity contribution is 6.88. The van der Waals surface area contributed by atoms with Gasteiger partial charge in [-0.05, 0) is 106 Å². The van der Waals surface area contributed by atoms with E-state index < -0.39 is 8.07 Å². The van der Waals surface area contributed by atoms with Crippen LogP contribution >= 0.6 is 0 Å². The molecule has 12 rings (SSSR count). The van der Waals surface area contributed by atoms with Gasteiger partial charge in [-0.2, -0.15) is 13.7 Å². The zero-order valence-electron chi connectivity index (χ0n) is 43.8. The number of allylic oxidation sites excluding steroid dienone is 1. The Morgan fingerprint density at radius 1 is 0.667 bits per heavy atom. The third-order valence-corrected chi connectivity index (χ3v) is 18.1. The predicted octanol–water partition coefficient (Wildman–Crippen LogP) is 16.6. The highest BCUT2D eigenvalue weighted by Gasteiger charge is 2.48. The van der Waals surface area contributed by atoms with Gasteiger partial charge in [0.15, 0.2) is 28.5 Å². The van der Waals surface area contributed by atoms with Gasteiger partial charge in [0.05, 0.1) is 14.0 Å². The van der Waals surface area contributed by atoms with Crippen LogP contribution in [0.15, 0.2) is 175 Å². The average Bonchev–Trinajstić information content (AvgIpc) is 3.93. The molecule has 0 aliphatic carbocycles. The molecular formula is C67H67N3OSi+2. The van der Waals surface area contributed by atoms with Gasteiger partial charge in [-0.1, -0.05) is 189 Å². The molecule has 2 aliphatic rings. The number of imidazole rings is 1. The molecule has 5 heterocycles. The molecule has 0 amide bonds. The van der Waals surface area contributed by atoms with Crippen LogP contribution in [0.3, 0.4) is 0 Å². The zero-order chi connectivity index (χ0) is 50.0. The lowest BCUT2D eigenvalue weighted by Gasteiger charge is -2.31. The molecule has 358 valence electrons. The molecule has 2 unspecified atom stereocenters. The van der Waals surface area contributed by atoms with Crippen molar-refractivity contribution in [2.45, 2.75) is 110 Å². The summed E-state index contributed by atoms with van der Waals surface area (Å²) < 4.78 is 15.3. The first-order valence-corrected chi connectivity index (χ1v) is 29.8. The molecule has 0 fully saturated rings. The second-order valence-corrected chi connectivity index (χ2v) is 28.5. The van der Waals surface area contributed by atoms with E-state index in [4.69, 9.17) is 11.0 Å². The smallest absolute Gasteiger partial charge is 0.304 e. The first kappa shape index (κ1) is 46.0. The highest BCUT2D eigenvalue weighted by Crippen LogP contribution is 2.49. The SMILES string of the molecule is C=C1C2C(CCc3ccc4c(oc5cc(-c6ccc(-c7ccccc7)cc6)ccc54)c3-c3n(-c4c(C(C)C)cc(C(C)(C)C)cc4C(C)C)c4ccccc4[n+]31)c1ccccc1-c1ccc([Si](C)(C)C)c[n+]12. The van der Waals surface area contributed by atoms with Crippen molar-refractivity contribution < 1.29 is 13.6 Å². The van der Waals surface area contributed by atoms with E-state index >= 15 is 0 Å². The van der Waals surface area contributed by atoms with Crippen molar-refractivity contribution in [2.24, 2.45) is 0 Å². The maximum Gasteiger partial charge on any atom is 0.304 e. The first-order valence-electron chi connectivity index (χ1n) is 26.3. The van der Waals surface area contributed by atoms with Crippen molar-refractivity contribution in [1.82, 2.24) is 4.57 Å². The fourth-order valence-corrected chi connectivity index (χ4v) is 13.3. The van der Waals surface area contributed by atoms with Crippen LogP contribution in [-0.2, 0) is 11.8 Å². The van der Waals surface area contributed by atoms with Crippen LogP contribution in [0, 0.1) is 0 Å². The molecule has 10 aromatic rings. The fourth-order valence-electron chi connectivity index (χ4n) is 12.1. The van der Waals surface area contributed by atoms with Crippen LogP contribution in [0.25, 0.3) is 89.3 Å². The molecule has 4 nitrogen and oxygen atoms in total. The normalized spacial score (nSPS) is 15.8. The number of pyridine rings is 1. The summed E-state index contributed by atoms with van der Waals surface area (Å²) in [4.78, 5) is 0. The van der Waals surface area contributed by atoms with Crippen LogP contribution in [0.4, 0.5) is 0 Å². The quantitative estimate of drug-likeness (QED) is 0.120. The topological polar surface area (TPSA) is 25.8 Å².